The molecule has 1 atom stereocenters. The minimum atomic E-state index is -0.827. The fourth-order valence-corrected chi connectivity index (χ4v) is 4.12. The number of carbonyl (C=O) groups is 1. The Bertz CT molecular complexity index is 1410. The highest BCUT2D eigenvalue weighted by atomic mass is 35.5. The van der Waals surface area contributed by atoms with Gasteiger partial charge in [0.25, 0.3) is 5.91 Å². The molecule has 0 bridgehead atoms. The van der Waals surface area contributed by atoms with Gasteiger partial charge < -0.3 is 8.94 Å². The third-order valence-electron chi connectivity index (χ3n) is 4.95. The molecule has 30 heavy (non-hydrogen) atoms. The molecule has 0 aliphatic carbocycles. The van der Waals surface area contributed by atoms with Crippen LogP contribution in [0.2, 0.25) is 15.1 Å². The first-order valence-corrected chi connectivity index (χ1v) is 9.96. The molecule has 1 aliphatic heterocycles. The Hall–Kier alpha value is -2.80. The average molecular weight is 462 g/mol. The maximum Gasteiger partial charge on any atom is 0.296 e. The molecule has 1 amide bonds. The van der Waals surface area contributed by atoms with Crippen LogP contribution < -0.4 is 10.3 Å². The van der Waals surface area contributed by atoms with Gasteiger partial charge in [0.05, 0.1) is 27.0 Å². The van der Waals surface area contributed by atoms with E-state index in [1.165, 1.54) is 11.0 Å². The van der Waals surface area contributed by atoms with Crippen molar-refractivity contribution in [2.75, 3.05) is 4.90 Å². The SMILES string of the molecule is Cc1cc(N2C(=O)c3oc4ccc(Cl)cc4c(=O)c3[C@@H]2c2ccc(Cl)c(Cl)c2)no1. The second kappa shape index (κ2) is 6.87. The first-order chi connectivity index (χ1) is 14.3. The molecular weight excluding hydrogens is 451 g/mol. The predicted octanol–water partition coefficient (Wildman–Crippen LogP) is 5.80. The van der Waals surface area contributed by atoms with Gasteiger partial charge in [0.2, 0.25) is 5.76 Å². The molecule has 5 rings (SSSR count). The number of fused-ring (bicyclic) bond motifs is 2. The fourth-order valence-electron chi connectivity index (χ4n) is 3.65. The zero-order valence-corrected chi connectivity index (χ0v) is 17.5. The topological polar surface area (TPSA) is 76.6 Å². The number of anilines is 1. The number of hydrogen-bond acceptors (Lipinski definition) is 5. The largest absolute Gasteiger partial charge is 0.450 e. The molecule has 4 aromatic rings. The van der Waals surface area contributed by atoms with E-state index in [-0.39, 0.29) is 33.5 Å². The van der Waals surface area contributed by atoms with E-state index in [0.29, 0.717) is 26.4 Å². The first kappa shape index (κ1) is 19.2. The molecule has 0 N–H and O–H groups in total. The molecule has 2 aromatic heterocycles. The lowest BCUT2D eigenvalue weighted by Crippen LogP contribution is -2.29. The van der Waals surface area contributed by atoms with Gasteiger partial charge in [-0.05, 0) is 42.8 Å². The Morgan fingerprint density at radius 3 is 2.50 bits per heavy atom. The molecule has 2 aromatic carbocycles. The maximum absolute atomic E-state index is 13.4. The lowest BCUT2D eigenvalue weighted by atomic mass is 9.98. The lowest BCUT2D eigenvalue weighted by Gasteiger charge is -2.22. The number of halogens is 3. The number of hydrogen-bond donors (Lipinski definition) is 0. The van der Waals surface area contributed by atoms with Crippen LogP contribution in [-0.4, -0.2) is 11.1 Å². The summed E-state index contributed by atoms with van der Waals surface area (Å²) in [5.74, 6) is 0.189. The van der Waals surface area contributed by atoms with Crippen molar-refractivity contribution in [3.8, 4) is 0 Å². The van der Waals surface area contributed by atoms with Gasteiger partial charge in [0.1, 0.15) is 11.3 Å². The van der Waals surface area contributed by atoms with Crippen LogP contribution in [0.15, 0.2) is 56.2 Å². The van der Waals surface area contributed by atoms with Gasteiger partial charge in [0, 0.05) is 11.1 Å². The van der Waals surface area contributed by atoms with Crippen molar-refractivity contribution < 1.29 is 13.7 Å². The Balaban J connectivity index is 1.84. The summed E-state index contributed by atoms with van der Waals surface area (Å²) in [6.07, 6.45) is 0. The van der Waals surface area contributed by atoms with Gasteiger partial charge in [-0.1, -0.05) is 46.0 Å². The summed E-state index contributed by atoms with van der Waals surface area (Å²) in [6.45, 7) is 1.71. The number of aromatic nitrogens is 1. The quantitative estimate of drug-likeness (QED) is 0.377. The van der Waals surface area contributed by atoms with E-state index < -0.39 is 11.9 Å². The summed E-state index contributed by atoms with van der Waals surface area (Å²) in [5.41, 5.74) is 0.656. The van der Waals surface area contributed by atoms with Crippen molar-refractivity contribution in [1.29, 1.82) is 0 Å². The molecule has 6 nitrogen and oxygen atoms in total. The second-order valence-corrected chi connectivity index (χ2v) is 8.11. The van der Waals surface area contributed by atoms with Crippen LogP contribution in [-0.2, 0) is 0 Å². The van der Waals surface area contributed by atoms with E-state index in [4.69, 9.17) is 43.7 Å². The fraction of sp³-hybridized carbons (Fsp3) is 0.0952. The number of carbonyl (C=O) groups excluding carboxylic acids is 1. The third-order valence-corrected chi connectivity index (χ3v) is 5.93. The van der Waals surface area contributed by atoms with Crippen LogP contribution in [0, 0.1) is 6.92 Å². The Morgan fingerprint density at radius 1 is 1.00 bits per heavy atom. The van der Waals surface area contributed by atoms with Gasteiger partial charge in [0.15, 0.2) is 11.2 Å². The Morgan fingerprint density at radius 2 is 1.80 bits per heavy atom. The number of amides is 1. The Kier molecular flexibility index (Phi) is 4.39. The van der Waals surface area contributed by atoms with Crippen molar-refractivity contribution in [2.24, 2.45) is 0 Å². The molecule has 0 fully saturated rings. The Labute approximate surface area is 184 Å². The molecule has 0 unspecified atom stereocenters. The van der Waals surface area contributed by atoms with E-state index >= 15 is 0 Å². The third kappa shape index (κ3) is 2.83. The van der Waals surface area contributed by atoms with Crippen LogP contribution in [0.25, 0.3) is 11.0 Å². The van der Waals surface area contributed by atoms with Crippen molar-refractivity contribution in [3.05, 3.63) is 90.4 Å². The van der Waals surface area contributed by atoms with Crippen molar-refractivity contribution in [3.63, 3.8) is 0 Å². The highest BCUT2D eigenvalue weighted by molar-refractivity contribution is 6.42. The zero-order valence-electron chi connectivity index (χ0n) is 15.3. The van der Waals surface area contributed by atoms with Crippen LogP contribution in [0.1, 0.15) is 33.5 Å². The summed E-state index contributed by atoms with van der Waals surface area (Å²) in [5, 5.41) is 5.27. The molecule has 0 radical (unpaired) electrons. The lowest BCUT2D eigenvalue weighted by molar-refractivity contribution is 0.0969. The van der Waals surface area contributed by atoms with Gasteiger partial charge in [-0.3, -0.25) is 14.5 Å². The van der Waals surface area contributed by atoms with Crippen LogP contribution in [0.3, 0.4) is 0 Å². The van der Waals surface area contributed by atoms with Crippen molar-refractivity contribution in [2.45, 2.75) is 13.0 Å². The van der Waals surface area contributed by atoms with E-state index in [1.807, 2.05) is 0 Å². The van der Waals surface area contributed by atoms with Gasteiger partial charge >= 0.3 is 0 Å². The van der Waals surface area contributed by atoms with Gasteiger partial charge in [-0.2, -0.15) is 0 Å². The van der Waals surface area contributed by atoms with Crippen molar-refractivity contribution in [1.82, 2.24) is 5.16 Å². The summed E-state index contributed by atoms with van der Waals surface area (Å²) in [6, 6.07) is 10.4. The average Bonchev–Trinajstić information content (AvgIpc) is 3.26. The number of rotatable bonds is 2. The second-order valence-electron chi connectivity index (χ2n) is 6.86. The van der Waals surface area contributed by atoms with E-state index in [9.17, 15) is 9.59 Å². The van der Waals surface area contributed by atoms with Crippen molar-refractivity contribution >= 4 is 57.5 Å². The molecule has 150 valence electrons. The first-order valence-electron chi connectivity index (χ1n) is 8.83. The minimum absolute atomic E-state index is 0.0634. The normalized spacial score (nSPS) is 15.8. The molecule has 3 heterocycles. The zero-order chi connectivity index (χ0) is 21.2. The van der Waals surface area contributed by atoms with Crippen LogP contribution in [0.5, 0.6) is 0 Å². The maximum atomic E-state index is 13.4. The van der Waals surface area contributed by atoms with Crippen LogP contribution >= 0.6 is 34.8 Å². The highest BCUT2D eigenvalue weighted by Gasteiger charge is 2.45. The van der Waals surface area contributed by atoms with E-state index in [1.54, 1.807) is 43.3 Å². The monoisotopic (exact) mass is 460 g/mol. The van der Waals surface area contributed by atoms with Gasteiger partial charge in [-0.25, -0.2) is 0 Å². The summed E-state index contributed by atoms with van der Waals surface area (Å²) < 4.78 is 11.0. The predicted molar refractivity (Wildman–Crippen MR) is 114 cm³/mol. The molecule has 1 aliphatic rings. The number of nitrogens with zero attached hydrogens (tertiary/aromatic N) is 2. The number of aryl methyl sites for hydroxylation is 1. The summed E-state index contributed by atoms with van der Waals surface area (Å²) in [4.78, 5) is 28.1. The number of benzene rings is 2. The molecule has 0 saturated heterocycles. The molecular formula is C21H11Cl3N2O4. The van der Waals surface area contributed by atoms with Gasteiger partial charge in [-0.15, -0.1) is 0 Å². The standard InChI is InChI=1S/C21H11Cl3N2O4/c1-9-6-16(25-30-9)26-18(10-2-4-13(23)14(24)7-10)17-19(27)12-8-11(22)3-5-15(12)29-20(17)21(26)28/h2-8,18H,1H3/t18-/m0/s1. The van der Waals surface area contributed by atoms with E-state index in [2.05, 4.69) is 5.16 Å². The minimum Gasteiger partial charge on any atom is -0.450 e. The molecule has 9 heteroatoms. The highest BCUT2D eigenvalue weighted by Crippen LogP contribution is 2.42. The molecule has 0 saturated carbocycles. The molecule has 0 spiro atoms. The van der Waals surface area contributed by atoms with E-state index in [0.717, 1.165) is 0 Å². The summed E-state index contributed by atoms with van der Waals surface area (Å²) >= 11 is 18.4. The summed E-state index contributed by atoms with van der Waals surface area (Å²) in [7, 11) is 0. The smallest absolute Gasteiger partial charge is 0.296 e. The van der Waals surface area contributed by atoms with Crippen LogP contribution in [0.4, 0.5) is 5.82 Å².